The minimum Gasteiger partial charge on any atom is -0.391 e. The van der Waals surface area contributed by atoms with E-state index in [0.29, 0.717) is 17.5 Å². The Bertz CT molecular complexity index is 280. The van der Waals surface area contributed by atoms with Gasteiger partial charge in [0.1, 0.15) is 0 Å². The SMILES string of the molecule is CCC1CN(C2CC(C)(C)CCC2O)CCN1C. The highest BCUT2D eigenvalue weighted by molar-refractivity contribution is 4.93. The standard InChI is InChI=1S/C15H30N2O/c1-5-12-11-17(9-8-16(12)4)13-10-15(2,3)7-6-14(13)18/h12-14,18H,5-11H2,1-4H3. The van der Waals surface area contributed by atoms with Crippen molar-refractivity contribution in [3.8, 4) is 0 Å². The number of hydrogen-bond acceptors (Lipinski definition) is 3. The number of rotatable bonds is 2. The molecule has 0 aromatic heterocycles. The van der Waals surface area contributed by atoms with Gasteiger partial charge in [-0.15, -0.1) is 0 Å². The van der Waals surface area contributed by atoms with Gasteiger partial charge in [-0.3, -0.25) is 4.90 Å². The molecule has 1 aliphatic carbocycles. The average Bonchev–Trinajstić information content (AvgIpc) is 2.33. The summed E-state index contributed by atoms with van der Waals surface area (Å²) in [5.41, 5.74) is 0.398. The molecule has 0 amide bonds. The molecule has 1 heterocycles. The molecule has 2 aliphatic rings. The third kappa shape index (κ3) is 3.06. The van der Waals surface area contributed by atoms with Crippen molar-refractivity contribution >= 4 is 0 Å². The van der Waals surface area contributed by atoms with Crippen molar-refractivity contribution in [1.29, 1.82) is 0 Å². The first-order valence-corrected chi connectivity index (χ1v) is 7.55. The second kappa shape index (κ2) is 5.48. The fraction of sp³-hybridized carbons (Fsp3) is 1.00. The van der Waals surface area contributed by atoms with Gasteiger partial charge in [0.2, 0.25) is 0 Å². The third-order valence-corrected chi connectivity index (χ3v) is 5.07. The number of aliphatic hydroxyl groups excluding tert-OH is 1. The minimum atomic E-state index is -0.112. The molecule has 1 N–H and O–H groups in total. The predicted molar refractivity (Wildman–Crippen MR) is 75.7 cm³/mol. The van der Waals surface area contributed by atoms with Gasteiger partial charge >= 0.3 is 0 Å². The molecule has 2 fully saturated rings. The Morgan fingerprint density at radius 2 is 2.00 bits per heavy atom. The Kier molecular flexibility index (Phi) is 4.35. The van der Waals surface area contributed by atoms with Gasteiger partial charge in [-0.2, -0.15) is 0 Å². The summed E-state index contributed by atoms with van der Waals surface area (Å²) < 4.78 is 0. The Labute approximate surface area is 112 Å². The molecule has 0 radical (unpaired) electrons. The van der Waals surface area contributed by atoms with Crippen LogP contribution in [-0.4, -0.2) is 59.8 Å². The van der Waals surface area contributed by atoms with Crippen LogP contribution in [0.3, 0.4) is 0 Å². The Morgan fingerprint density at radius 3 is 2.67 bits per heavy atom. The second-order valence-corrected chi connectivity index (χ2v) is 7.08. The summed E-state index contributed by atoms with van der Waals surface area (Å²) >= 11 is 0. The molecule has 18 heavy (non-hydrogen) atoms. The maximum Gasteiger partial charge on any atom is 0.0695 e. The number of likely N-dealkylation sites (N-methyl/N-ethyl adjacent to an activating group) is 1. The highest BCUT2D eigenvalue weighted by Gasteiger charge is 2.39. The van der Waals surface area contributed by atoms with Crippen molar-refractivity contribution in [2.75, 3.05) is 26.7 Å². The van der Waals surface area contributed by atoms with Crippen molar-refractivity contribution in [1.82, 2.24) is 9.80 Å². The number of hydrogen-bond donors (Lipinski definition) is 1. The monoisotopic (exact) mass is 254 g/mol. The van der Waals surface area contributed by atoms with Gasteiger partial charge in [-0.05, 0) is 38.1 Å². The van der Waals surface area contributed by atoms with Crippen LogP contribution in [0.15, 0.2) is 0 Å². The molecule has 0 aromatic carbocycles. The van der Waals surface area contributed by atoms with Crippen LogP contribution in [0.25, 0.3) is 0 Å². The van der Waals surface area contributed by atoms with Gasteiger partial charge < -0.3 is 10.0 Å². The summed E-state index contributed by atoms with van der Waals surface area (Å²) in [6.45, 7) is 10.3. The van der Waals surface area contributed by atoms with Crippen molar-refractivity contribution in [2.45, 2.75) is 64.6 Å². The van der Waals surface area contributed by atoms with E-state index in [1.165, 1.54) is 6.42 Å². The van der Waals surface area contributed by atoms with E-state index in [-0.39, 0.29) is 6.10 Å². The quantitative estimate of drug-likeness (QED) is 0.816. The lowest BCUT2D eigenvalue weighted by Crippen LogP contribution is -2.58. The van der Waals surface area contributed by atoms with Gasteiger partial charge in [0.25, 0.3) is 0 Å². The van der Waals surface area contributed by atoms with Crippen LogP contribution in [0.2, 0.25) is 0 Å². The molecule has 1 aliphatic heterocycles. The normalized spacial score (nSPS) is 38.8. The smallest absolute Gasteiger partial charge is 0.0695 e. The van der Waals surface area contributed by atoms with Crippen LogP contribution in [0.1, 0.15) is 46.5 Å². The topological polar surface area (TPSA) is 26.7 Å². The first-order chi connectivity index (χ1) is 8.43. The molecule has 0 bridgehead atoms. The van der Waals surface area contributed by atoms with Crippen molar-refractivity contribution in [3.05, 3.63) is 0 Å². The second-order valence-electron chi connectivity index (χ2n) is 7.08. The van der Waals surface area contributed by atoms with Crippen LogP contribution >= 0.6 is 0 Å². The zero-order valence-electron chi connectivity index (χ0n) is 12.5. The summed E-state index contributed by atoms with van der Waals surface area (Å²) in [6.07, 6.45) is 4.38. The molecule has 3 nitrogen and oxygen atoms in total. The predicted octanol–water partition coefficient (Wildman–Crippen LogP) is 1.95. The zero-order chi connectivity index (χ0) is 13.3. The van der Waals surface area contributed by atoms with E-state index in [0.717, 1.165) is 38.9 Å². The van der Waals surface area contributed by atoms with Crippen LogP contribution in [0.4, 0.5) is 0 Å². The fourth-order valence-electron chi connectivity index (χ4n) is 3.62. The van der Waals surface area contributed by atoms with E-state index < -0.39 is 0 Å². The Hall–Kier alpha value is -0.120. The maximum atomic E-state index is 10.3. The zero-order valence-corrected chi connectivity index (χ0v) is 12.5. The maximum absolute atomic E-state index is 10.3. The van der Waals surface area contributed by atoms with Crippen molar-refractivity contribution in [2.24, 2.45) is 5.41 Å². The average molecular weight is 254 g/mol. The molecule has 0 aromatic rings. The molecule has 106 valence electrons. The van der Waals surface area contributed by atoms with E-state index in [1.54, 1.807) is 0 Å². The van der Waals surface area contributed by atoms with E-state index in [2.05, 4.69) is 37.6 Å². The van der Waals surface area contributed by atoms with Gasteiger partial charge in [-0.1, -0.05) is 20.8 Å². The van der Waals surface area contributed by atoms with E-state index in [1.807, 2.05) is 0 Å². The highest BCUT2D eigenvalue weighted by atomic mass is 16.3. The Balaban J connectivity index is 2.01. The third-order valence-electron chi connectivity index (χ3n) is 5.07. The molecular formula is C15H30N2O. The summed E-state index contributed by atoms with van der Waals surface area (Å²) in [7, 11) is 2.23. The number of aliphatic hydroxyl groups is 1. The molecular weight excluding hydrogens is 224 g/mol. The fourth-order valence-corrected chi connectivity index (χ4v) is 3.62. The van der Waals surface area contributed by atoms with Crippen LogP contribution in [0.5, 0.6) is 0 Å². The molecule has 0 spiro atoms. The lowest BCUT2D eigenvalue weighted by atomic mass is 9.73. The van der Waals surface area contributed by atoms with Gasteiger partial charge in [0, 0.05) is 31.7 Å². The highest BCUT2D eigenvalue weighted by Crippen LogP contribution is 2.38. The molecule has 1 saturated carbocycles. The number of nitrogens with zero attached hydrogens (tertiary/aromatic N) is 2. The Morgan fingerprint density at radius 1 is 1.28 bits per heavy atom. The molecule has 3 unspecified atom stereocenters. The van der Waals surface area contributed by atoms with E-state index >= 15 is 0 Å². The van der Waals surface area contributed by atoms with Crippen molar-refractivity contribution < 1.29 is 5.11 Å². The first kappa shape index (κ1) is 14.3. The van der Waals surface area contributed by atoms with E-state index in [9.17, 15) is 5.11 Å². The molecule has 2 rings (SSSR count). The summed E-state index contributed by atoms with van der Waals surface area (Å²) in [5, 5.41) is 10.3. The van der Waals surface area contributed by atoms with Gasteiger partial charge in [0.15, 0.2) is 0 Å². The van der Waals surface area contributed by atoms with Crippen LogP contribution in [-0.2, 0) is 0 Å². The number of piperazine rings is 1. The molecule has 1 saturated heterocycles. The van der Waals surface area contributed by atoms with Gasteiger partial charge in [0.05, 0.1) is 6.10 Å². The lowest BCUT2D eigenvalue weighted by Gasteiger charge is -2.48. The van der Waals surface area contributed by atoms with Crippen molar-refractivity contribution in [3.63, 3.8) is 0 Å². The summed E-state index contributed by atoms with van der Waals surface area (Å²) in [5.74, 6) is 0. The lowest BCUT2D eigenvalue weighted by molar-refractivity contribution is -0.0434. The molecule has 3 heteroatoms. The van der Waals surface area contributed by atoms with Crippen LogP contribution in [0, 0.1) is 5.41 Å². The molecule has 3 atom stereocenters. The minimum absolute atomic E-state index is 0.112. The van der Waals surface area contributed by atoms with Gasteiger partial charge in [-0.25, -0.2) is 0 Å². The van der Waals surface area contributed by atoms with Crippen LogP contribution < -0.4 is 0 Å². The summed E-state index contributed by atoms with van der Waals surface area (Å²) in [6, 6.07) is 1.05. The van der Waals surface area contributed by atoms with E-state index in [4.69, 9.17) is 0 Å². The summed E-state index contributed by atoms with van der Waals surface area (Å²) in [4.78, 5) is 5.02. The first-order valence-electron chi connectivity index (χ1n) is 7.55. The largest absolute Gasteiger partial charge is 0.391 e.